The first kappa shape index (κ1) is 18.7. The van der Waals surface area contributed by atoms with Crippen LogP contribution in [-0.4, -0.2) is 25.5 Å². The van der Waals surface area contributed by atoms with Gasteiger partial charge in [0.15, 0.2) is 0 Å². The molecule has 2 aromatic heterocycles. The molecule has 1 N–H and O–H groups in total. The zero-order chi connectivity index (χ0) is 20.7. The molecule has 5 rings (SSSR count). The highest BCUT2D eigenvalue weighted by Gasteiger charge is 2.30. The van der Waals surface area contributed by atoms with Gasteiger partial charge in [0.25, 0.3) is 5.56 Å². The van der Waals surface area contributed by atoms with Gasteiger partial charge in [-0.1, -0.05) is 34.1 Å². The van der Waals surface area contributed by atoms with Crippen LogP contribution in [0.15, 0.2) is 70.1 Å². The largest absolute Gasteiger partial charge is 0.324 e. The van der Waals surface area contributed by atoms with Crippen molar-refractivity contribution in [2.75, 3.05) is 5.32 Å². The maximum atomic E-state index is 13.3. The minimum atomic E-state index is -0.332. The maximum absolute atomic E-state index is 13.3. The lowest BCUT2D eigenvalue weighted by molar-refractivity contribution is -0.117. The summed E-state index contributed by atoms with van der Waals surface area (Å²) in [6, 6.07) is 16.8. The lowest BCUT2D eigenvalue weighted by Gasteiger charge is -2.10. The Bertz CT molecular complexity index is 1290. The molecule has 1 amide bonds. The van der Waals surface area contributed by atoms with Crippen LogP contribution < -0.4 is 10.9 Å². The molecule has 8 heteroatoms. The normalized spacial score (nSPS) is 13.5. The fourth-order valence-corrected chi connectivity index (χ4v) is 3.76. The minimum absolute atomic E-state index is 0.162. The van der Waals surface area contributed by atoms with E-state index in [1.165, 1.54) is 4.68 Å². The highest BCUT2D eigenvalue weighted by atomic mass is 79.9. The number of hydrogen-bond acceptors (Lipinski definition) is 4. The van der Waals surface area contributed by atoms with Gasteiger partial charge in [-0.3, -0.25) is 9.59 Å². The van der Waals surface area contributed by atoms with Crippen molar-refractivity contribution in [2.24, 2.45) is 0 Å². The number of nitrogens with zero attached hydrogens (tertiary/aromatic N) is 4. The molecule has 4 aromatic rings. The Morgan fingerprint density at radius 2 is 1.83 bits per heavy atom. The van der Waals surface area contributed by atoms with Crippen molar-refractivity contribution in [1.29, 1.82) is 0 Å². The summed E-state index contributed by atoms with van der Waals surface area (Å²) >= 11 is 3.37. The predicted octanol–water partition coefficient (Wildman–Crippen LogP) is 3.86. The Hall–Kier alpha value is -3.26. The van der Waals surface area contributed by atoms with Crippen LogP contribution in [0.1, 0.15) is 24.5 Å². The number of fused-ring (bicyclic) bond motifs is 1. The van der Waals surface area contributed by atoms with Crippen molar-refractivity contribution in [1.82, 2.24) is 19.6 Å². The van der Waals surface area contributed by atoms with Crippen molar-refractivity contribution < 1.29 is 4.79 Å². The van der Waals surface area contributed by atoms with Crippen molar-refractivity contribution in [2.45, 2.75) is 25.3 Å². The van der Waals surface area contributed by atoms with E-state index in [1.807, 2.05) is 42.5 Å². The number of nitrogens with one attached hydrogen (secondary N) is 1. The average Bonchev–Trinajstić information content (AvgIpc) is 3.50. The SMILES string of the molecule is O=C(Cn1nc(C2CC2)c2cnn(-c3ccccc3)c2c1=O)Nc1ccc(Br)cc1. The molecule has 2 aromatic carbocycles. The van der Waals surface area contributed by atoms with Crippen molar-refractivity contribution in [3.63, 3.8) is 0 Å². The van der Waals surface area contributed by atoms with Gasteiger partial charge in [0, 0.05) is 21.5 Å². The van der Waals surface area contributed by atoms with Crippen LogP contribution in [0.2, 0.25) is 0 Å². The van der Waals surface area contributed by atoms with Crippen molar-refractivity contribution >= 4 is 38.4 Å². The monoisotopic (exact) mass is 463 g/mol. The molecule has 30 heavy (non-hydrogen) atoms. The van der Waals surface area contributed by atoms with Gasteiger partial charge in [-0.25, -0.2) is 9.36 Å². The van der Waals surface area contributed by atoms with E-state index in [2.05, 4.69) is 31.4 Å². The number of amides is 1. The first-order valence-corrected chi connectivity index (χ1v) is 10.5. The molecule has 0 unspecified atom stereocenters. The molecule has 0 spiro atoms. The molecule has 1 fully saturated rings. The molecule has 1 aliphatic carbocycles. The first-order chi connectivity index (χ1) is 14.6. The van der Waals surface area contributed by atoms with Crippen LogP contribution in [0.3, 0.4) is 0 Å². The lowest BCUT2D eigenvalue weighted by atomic mass is 10.2. The smallest absolute Gasteiger partial charge is 0.293 e. The fourth-order valence-electron chi connectivity index (χ4n) is 3.49. The van der Waals surface area contributed by atoms with Gasteiger partial charge in [-0.15, -0.1) is 0 Å². The zero-order valence-electron chi connectivity index (χ0n) is 16.0. The van der Waals surface area contributed by atoms with Crippen LogP contribution in [0.25, 0.3) is 16.6 Å². The van der Waals surface area contributed by atoms with Gasteiger partial charge in [0.05, 0.1) is 17.6 Å². The molecule has 0 atom stereocenters. The Balaban J connectivity index is 1.55. The molecule has 0 saturated heterocycles. The van der Waals surface area contributed by atoms with Gasteiger partial charge < -0.3 is 5.32 Å². The molecule has 0 radical (unpaired) electrons. The standard InChI is InChI=1S/C22H18BrN5O2/c23-15-8-10-16(11-9-15)25-19(29)13-27-22(30)21-18(20(26-27)14-6-7-14)12-24-28(21)17-4-2-1-3-5-17/h1-5,8-12,14H,6-7,13H2,(H,25,29). The van der Waals surface area contributed by atoms with Crippen LogP contribution in [0.5, 0.6) is 0 Å². The third-order valence-corrected chi connectivity index (χ3v) is 5.63. The number of anilines is 1. The topological polar surface area (TPSA) is 81.8 Å². The Kier molecular flexibility index (Phi) is 4.71. The van der Waals surface area contributed by atoms with E-state index in [-0.39, 0.29) is 18.0 Å². The highest BCUT2D eigenvalue weighted by molar-refractivity contribution is 9.10. The second kappa shape index (κ2) is 7.53. The summed E-state index contributed by atoms with van der Waals surface area (Å²) in [6.07, 6.45) is 3.76. The van der Waals surface area contributed by atoms with Gasteiger partial charge in [0.2, 0.25) is 5.91 Å². The van der Waals surface area contributed by atoms with Gasteiger partial charge in [-0.05, 0) is 49.2 Å². The predicted molar refractivity (Wildman–Crippen MR) is 118 cm³/mol. The Morgan fingerprint density at radius 1 is 1.10 bits per heavy atom. The van der Waals surface area contributed by atoms with Gasteiger partial charge in [0.1, 0.15) is 12.1 Å². The number of rotatable bonds is 5. The highest BCUT2D eigenvalue weighted by Crippen LogP contribution is 2.41. The third-order valence-electron chi connectivity index (χ3n) is 5.10. The van der Waals surface area contributed by atoms with E-state index < -0.39 is 0 Å². The van der Waals surface area contributed by atoms with E-state index in [1.54, 1.807) is 23.0 Å². The summed E-state index contributed by atoms with van der Waals surface area (Å²) in [5, 5.41) is 12.6. The van der Waals surface area contributed by atoms with E-state index in [0.29, 0.717) is 17.1 Å². The summed E-state index contributed by atoms with van der Waals surface area (Å²) in [7, 11) is 0. The number of benzene rings is 2. The molecular weight excluding hydrogens is 446 g/mol. The lowest BCUT2D eigenvalue weighted by Crippen LogP contribution is -2.31. The molecule has 0 aliphatic heterocycles. The van der Waals surface area contributed by atoms with Gasteiger partial charge >= 0.3 is 0 Å². The summed E-state index contributed by atoms with van der Waals surface area (Å²) in [6.45, 7) is -0.162. The second-order valence-corrected chi connectivity index (χ2v) is 8.25. The van der Waals surface area contributed by atoms with E-state index in [9.17, 15) is 9.59 Å². The average molecular weight is 464 g/mol. The third kappa shape index (κ3) is 3.54. The summed E-state index contributed by atoms with van der Waals surface area (Å²) < 4.78 is 3.81. The number of carbonyl (C=O) groups excluding carboxylic acids is 1. The van der Waals surface area contributed by atoms with Crippen LogP contribution in [-0.2, 0) is 11.3 Å². The molecule has 1 aliphatic rings. The van der Waals surface area contributed by atoms with Crippen LogP contribution in [0, 0.1) is 0 Å². The number of aromatic nitrogens is 4. The molecule has 2 heterocycles. The number of halogens is 1. The van der Waals surface area contributed by atoms with E-state index in [0.717, 1.165) is 34.1 Å². The Morgan fingerprint density at radius 3 is 2.53 bits per heavy atom. The molecule has 7 nitrogen and oxygen atoms in total. The van der Waals surface area contributed by atoms with E-state index in [4.69, 9.17) is 0 Å². The maximum Gasteiger partial charge on any atom is 0.293 e. The van der Waals surface area contributed by atoms with Crippen LogP contribution in [0.4, 0.5) is 5.69 Å². The summed E-state index contributed by atoms with van der Waals surface area (Å²) in [5.74, 6) is 0.00102. The fraction of sp³-hybridized carbons (Fsp3) is 0.182. The quantitative estimate of drug-likeness (QED) is 0.487. The number of carbonyl (C=O) groups is 1. The number of para-hydroxylation sites is 1. The van der Waals surface area contributed by atoms with Crippen LogP contribution >= 0.6 is 15.9 Å². The zero-order valence-corrected chi connectivity index (χ0v) is 17.5. The molecular formula is C22H18BrN5O2. The second-order valence-electron chi connectivity index (χ2n) is 7.33. The summed E-state index contributed by atoms with van der Waals surface area (Å²) in [5.41, 5.74) is 2.41. The molecule has 0 bridgehead atoms. The minimum Gasteiger partial charge on any atom is -0.324 e. The van der Waals surface area contributed by atoms with Gasteiger partial charge in [-0.2, -0.15) is 10.2 Å². The van der Waals surface area contributed by atoms with E-state index >= 15 is 0 Å². The van der Waals surface area contributed by atoms with Crippen molar-refractivity contribution in [3.8, 4) is 5.69 Å². The summed E-state index contributed by atoms with van der Waals surface area (Å²) in [4.78, 5) is 25.9. The first-order valence-electron chi connectivity index (χ1n) is 9.70. The molecule has 150 valence electrons. The Labute approximate surface area is 180 Å². The van der Waals surface area contributed by atoms with Crippen molar-refractivity contribution in [3.05, 3.63) is 81.3 Å². The molecule has 1 saturated carbocycles. The number of hydrogen-bond donors (Lipinski definition) is 1.